The van der Waals surface area contributed by atoms with Gasteiger partial charge in [-0.05, 0) is 87.7 Å². The first kappa shape index (κ1) is 22.4. The van der Waals surface area contributed by atoms with Gasteiger partial charge in [-0.2, -0.15) is 0 Å². The number of aromatic nitrogens is 1. The maximum absolute atomic E-state index is 13.1. The standard InChI is InChI=1S/C27H28N2O4/c1-6-31-21-12-20(13-22(15-21)32-7-2)26(30)28-23-14-19(9-8-16(23)3)27-29-24-10-17(4)18(5)11-25(24)33-27/h8-15H,6-7H2,1-5H3,(H,28,30). The fraction of sp³-hybridized carbons (Fsp3) is 0.259. The quantitative estimate of drug-likeness (QED) is 0.354. The first-order valence-corrected chi connectivity index (χ1v) is 11.1. The molecule has 1 heterocycles. The van der Waals surface area contributed by atoms with Crippen molar-refractivity contribution >= 4 is 22.7 Å². The van der Waals surface area contributed by atoms with E-state index < -0.39 is 0 Å². The summed E-state index contributed by atoms with van der Waals surface area (Å²) in [7, 11) is 0. The van der Waals surface area contributed by atoms with E-state index in [1.54, 1.807) is 18.2 Å². The zero-order chi connectivity index (χ0) is 23.5. The van der Waals surface area contributed by atoms with Crippen LogP contribution in [0.15, 0.2) is 52.9 Å². The minimum absolute atomic E-state index is 0.249. The highest BCUT2D eigenvalue weighted by Gasteiger charge is 2.15. The Hall–Kier alpha value is -3.80. The molecule has 6 heteroatoms. The molecule has 0 atom stereocenters. The van der Waals surface area contributed by atoms with Gasteiger partial charge in [0.05, 0.1) is 13.2 Å². The molecule has 1 aromatic heterocycles. The summed E-state index contributed by atoms with van der Waals surface area (Å²) in [4.78, 5) is 17.7. The van der Waals surface area contributed by atoms with Gasteiger partial charge < -0.3 is 19.2 Å². The van der Waals surface area contributed by atoms with Gasteiger partial charge in [0.2, 0.25) is 5.89 Å². The molecule has 0 aliphatic heterocycles. The fourth-order valence-corrected chi connectivity index (χ4v) is 3.59. The monoisotopic (exact) mass is 444 g/mol. The Balaban J connectivity index is 1.64. The molecule has 0 aliphatic rings. The van der Waals surface area contributed by atoms with Crippen molar-refractivity contribution in [1.82, 2.24) is 4.98 Å². The molecule has 0 spiro atoms. The van der Waals surface area contributed by atoms with Crippen LogP contribution in [0.25, 0.3) is 22.6 Å². The zero-order valence-corrected chi connectivity index (χ0v) is 19.6. The van der Waals surface area contributed by atoms with Crippen molar-refractivity contribution in [2.75, 3.05) is 18.5 Å². The van der Waals surface area contributed by atoms with Crippen molar-refractivity contribution in [2.45, 2.75) is 34.6 Å². The summed E-state index contributed by atoms with van der Waals surface area (Å²) >= 11 is 0. The number of hydrogen-bond donors (Lipinski definition) is 1. The average molecular weight is 445 g/mol. The summed E-state index contributed by atoms with van der Waals surface area (Å²) in [5.74, 6) is 1.45. The molecule has 0 saturated heterocycles. The van der Waals surface area contributed by atoms with E-state index in [4.69, 9.17) is 13.9 Å². The molecule has 0 radical (unpaired) electrons. The lowest BCUT2D eigenvalue weighted by molar-refractivity contribution is 0.102. The second-order valence-electron chi connectivity index (χ2n) is 7.97. The summed E-state index contributed by atoms with van der Waals surface area (Å²) in [5, 5.41) is 3.01. The van der Waals surface area contributed by atoms with Crippen molar-refractivity contribution in [2.24, 2.45) is 0 Å². The Morgan fingerprint density at radius 3 is 2.21 bits per heavy atom. The van der Waals surface area contributed by atoms with E-state index in [0.29, 0.717) is 41.9 Å². The number of benzene rings is 3. The lowest BCUT2D eigenvalue weighted by Gasteiger charge is -2.13. The number of carbonyl (C=O) groups is 1. The first-order valence-electron chi connectivity index (χ1n) is 11.1. The highest BCUT2D eigenvalue weighted by molar-refractivity contribution is 6.05. The lowest BCUT2D eigenvalue weighted by Crippen LogP contribution is -2.13. The minimum Gasteiger partial charge on any atom is -0.494 e. The van der Waals surface area contributed by atoms with E-state index in [9.17, 15) is 4.79 Å². The van der Waals surface area contributed by atoms with Crippen LogP contribution in [0, 0.1) is 20.8 Å². The largest absolute Gasteiger partial charge is 0.494 e. The van der Waals surface area contributed by atoms with E-state index in [1.807, 2.05) is 58.0 Å². The highest BCUT2D eigenvalue weighted by Crippen LogP contribution is 2.30. The molecule has 6 nitrogen and oxygen atoms in total. The van der Waals surface area contributed by atoms with Gasteiger partial charge in [-0.25, -0.2) is 4.98 Å². The molecule has 4 aromatic rings. The van der Waals surface area contributed by atoms with Crippen LogP contribution < -0.4 is 14.8 Å². The number of aryl methyl sites for hydroxylation is 3. The summed E-state index contributed by atoms with van der Waals surface area (Å²) in [6.45, 7) is 10.9. The van der Waals surface area contributed by atoms with E-state index in [-0.39, 0.29) is 5.91 Å². The van der Waals surface area contributed by atoms with E-state index >= 15 is 0 Å². The van der Waals surface area contributed by atoms with Gasteiger partial charge in [0, 0.05) is 22.9 Å². The van der Waals surface area contributed by atoms with Gasteiger partial charge in [-0.15, -0.1) is 0 Å². The topological polar surface area (TPSA) is 73.6 Å². The molecule has 0 unspecified atom stereocenters. The van der Waals surface area contributed by atoms with Crippen LogP contribution in [0.1, 0.15) is 40.9 Å². The summed E-state index contributed by atoms with van der Waals surface area (Å²) in [6, 6.07) is 15.0. The number of hydrogen-bond acceptors (Lipinski definition) is 5. The molecule has 4 rings (SSSR count). The van der Waals surface area contributed by atoms with Gasteiger partial charge >= 0.3 is 0 Å². The van der Waals surface area contributed by atoms with Crippen LogP contribution in [-0.4, -0.2) is 24.1 Å². The average Bonchev–Trinajstić information content (AvgIpc) is 3.18. The molecule has 1 N–H and O–H groups in total. The normalized spacial score (nSPS) is 10.9. The Morgan fingerprint density at radius 2 is 1.55 bits per heavy atom. The highest BCUT2D eigenvalue weighted by atomic mass is 16.5. The molecule has 170 valence electrons. The molecular weight excluding hydrogens is 416 g/mol. The predicted octanol–water partition coefficient (Wildman–Crippen LogP) is 6.47. The molecule has 0 bridgehead atoms. The Kier molecular flexibility index (Phi) is 6.36. The van der Waals surface area contributed by atoms with E-state index in [1.165, 1.54) is 5.56 Å². The van der Waals surface area contributed by atoms with Crippen LogP contribution in [0.5, 0.6) is 11.5 Å². The van der Waals surface area contributed by atoms with Gasteiger partial charge in [0.25, 0.3) is 5.91 Å². The van der Waals surface area contributed by atoms with Crippen LogP contribution in [0.4, 0.5) is 5.69 Å². The van der Waals surface area contributed by atoms with Crippen LogP contribution in [0.2, 0.25) is 0 Å². The zero-order valence-electron chi connectivity index (χ0n) is 19.6. The third-order valence-corrected chi connectivity index (χ3v) is 5.50. The maximum Gasteiger partial charge on any atom is 0.255 e. The third-order valence-electron chi connectivity index (χ3n) is 5.50. The van der Waals surface area contributed by atoms with E-state index in [0.717, 1.165) is 27.8 Å². The number of rotatable bonds is 7. The summed E-state index contributed by atoms with van der Waals surface area (Å²) in [6.07, 6.45) is 0. The number of oxazole rings is 1. The van der Waals surface area contributed by atoms with Crippen molar-refractivity contribution in [3.8, 4) is 23.0 Å². The lowest BCUT2D eigenvalue weighted by atomic mass is 10.1. The smallest absolute Gasteiger partial charge is 0.255 e. The first-order chi connectivity index (χ1) is 15.9. The molecule has 1 amide bonds. The Morgan fingerprint density at radius 1 is 0.879 bits per heavy atom. The van der Waals surface area contributed by atoms with Gasteiger partial charge in [-0.1, -0.05) is 6.07 Å². The molecule has 33 heavy (non-hydrogen) atoms. The predicted molar refractivity (Wildman–Crippen MR) is 130 cm³/mol. The van der Waals surface area contributed by atoms with Crippen molar-refractivity contribution < 1.29 is 18.7 Å². The van der Waals surface area contributed by atoms with E-state index in [2.05, 4.69) is 17.2 Å². The third kappa shape index (κ3) is 4.85. The molecule has 0 saturated carbocycles. The number of nitrogens with one attached hydrogen (secondary N) is 1. The number of fused-ring (bicyclic) bond motifs is 1. The second-order valence-corrected chi connectivity index (χ2v) is 7.97. The Bertz CT molecular complexity index is 1260. The van der Waals surface area contributed by atoms with Crippen LogP contribution in [0.3, 0.4) is 0 Å². The van der Waals surface area contributed by atoms with Crippen LogP contribution >= 0.6 is 0 Å². The van der Waals surface area contributed by atoms with Crippen molar-refractivity contribution in [3.63, 3.8) is 0 Å². The van der Waals surface area contributed by atoms with Crippen molar-refractivity contribution in [1.29, 1.82) is 0 Å². The summed E-state index contributed by atoms with van der Waals surface area (Å²) < 4.78 is 17.2. The minimum atomic E-state index is -0.249. The number of amides is 1. The Labute approximate surface area is 193 Å². The molecule has 0 fully saturated rings. The van der Waals surface area contributed by atoms with Gasteiger partial charge in [0.15, 0.2) is 5.58 Å². The fourth-order valence-electron chi connectivity index (χ4n) is 3.59. The molecule has 3 aromatic carbocycles. The molecular formula is C27H28N2O4. The van der Waals surface area contributed by atoms with Gasteiger partial charge in [0.1, 0.15) is 17.0 Å². The maximum atomic E-state index is 13.1. The van der Waals surface area contributed by atoms with Crippen LogP contribution in [-0.2, 0) is 0 Å². The van der Waals surface area contributed by atoms with Gasteiger partial charge in [-0.3, -0.25) is 4.79 Å². The number of nitrogens with zero attached hydrogens (tertiary/aromatic N) is 1. The SMILES string of the molecule is CCOc1cc(OCC)cc(C(=O)Nc2cc(-c3nc4cc(C)c(C)cc4o3)ccc2C)c1. The second kappa shape index (κ2) is 9.36. The summed E-state index contributed by atoms with van der Waals surface area (Å²) in [5.41, 5.74) is 6.75. The number of ether oxygens (including phenoxy) is 2. The van der Waals surface area contributed by atoms with Crippen molar-refractivity contribution in [3.05, 3.63) is 70.8 Å². The number of carbonyl (C=O) groups excluding carboxylic acids is 1. The number of anilines is 1. The molecule has 0 aliphatic carbocycles.